The molecule has 1 atom stereocenters. The zero-order valence-electron chi connectivity index (χ0n) is 17.5. The van der Waals surface area contributed by atoms with Crippen molar-refractivity contribution in [2.45, 2.75) is 32.2 Å². The first kappa shape index (κ1) is 22.6. The molecule has 1 aromatic heterocycles. The molecule has 0 aliphatic carbocycles. The molecular weight excluding hydrogens is 465 g/mol. The van der Waals surface area contributed by atoms with Gasteiger partial charge in [-0.25, -0.2) is 0 Å². The van der Waals surface area contributed by atoms with E-state index in [-0.39, 0.29) is 10.9 Å². The van der Waals surface area contributed by atoms with Crippen molar-refractivity contribution < 1.29 is 9.21 Å². The van der Waals surface area contributed by atoms with E-state index >= 15 is 0 Å². The van der Waals surface area contributed by atoms with Gasteiger partial charge in [-0.1, -0.05) is 23.2 Å². The summed E-state index contributed by atoms with van der Waals surface area (Å²) in [5.74, 6) is 0.153. The van der Waals surface area contributed by atoms with E-state index in [2.05, 4.69) is 34.6 Å². The molecule has 2 aromatic carbocycles. The first-order valence-electron chi connectivity index (χ1n) is 10.4. The Bertz CT molecular complexity index is 1130. The van der Waals surface area contributed by atoms with Crippen molar-refractivity contribution in [2.24, 2.45) is 0 Å². The topological polar surface area (TPSA) is 57.5 Å². The highest BCUT2D eigenvalue weighted by Crippen LogP contribution is 2.31. The molecule has 1 aliphatic heterocycles. The highest BCUT2D eigenvalue weighted by Gasteiger charge is 2.19. The van der Waals surface area contributed by atoms with Gasteiger partial charge in [0.05, 0.1) is 5.02 Å². The van der Waals surface area contributed by atoms with E-state index in [1.54, 1.807) is 30.3 Å². The van der Waals surface area contributed by atoms with Crippen molar-refractivity contribution >= 4 is 57.8 Å². The number of thiocarbonyl (C=S) groups is 1. The maximum absolute atomic E-state index is 12.5. The number of rotatable bonds is 4. The average molecular weight is 488 g/mol. The van der Waals surface area contributed by atoms with E-state index in [0.29, 0.717) is 27.4 Å². The summed E-state index contributed by atoms with van der Waals surface area (Å²) >= 11 is 17.4. The average Bonchev–Trinajstić information content (AvgIpc) is 3.25. The minimum Gasteiger partial charge on any atom is -0.451 e. The predicted octanol–water partition coefficient (Wildman–Crippen LogP) is 6.76. The Morgan fingerprint density at radius 2 is 1.88 bits per heavy atom. The molecule has 0 unspecified atom stereocenters. The summed E-state index contributed by atoms with van der Waals surface area (Å²) in [6, 6.07) is 16.9. The van der Waals surface area contributed by atoms with Crippen molar-refractivity contribution in [3.8, 4) is 11.3 Å². The van der Waals surface area contributed by atoms with Crippen LogP contribution < -0.4 is 15.5 Å². The summed E-state index contributed by atoms with van der Waals surface area (Å²) in [6.45, 7) is 3.34. The van der Waals surface area contributed by atoms with Gasteiger partial charge in [0.15, 0.2) is 10.9 Å². The summed E-state index contributed by atoms with van der Waals surface area (Å²) < 4.78 is 5.66. The van der Waals surface area contributed by atoms with Crippen LogP contribution in [0.15, 0.2) is 59.0 Å². The Balaban J connectivity index is 1.36. The Hall–Kier alpha value is -2.54. The van der Waals surface area contributed by atoms with Crippen LogP contribution in [0, 0.1) is 0 Å². The van der Waals surface area contributed by atoms with Gasteiger partial charge < -0.3 is 14.6 Å². The molecule has 1 saturated heterocycles. The maximum atomic E-state index is 12.5. The molecule has 2 heterocycles. The molecule has 1 amide bonds. The highest BCUT2D eigenvalue weighted by molar-refractivity contribution is 7.80. The van der Waals surface area contributed by atoms with E-state index in [9.17, 15) is 4.79 Å². The lowest BCUT2D eigenvalue weighted by atomic mass is 10.0. The molecular formula is C24H23Cl2N3O2S. The Morgan fingerprint density at radius 1 is 1.09 bits per heavy atom. The van der Waals surface area contributed by atoms with Crippen molar-refractivity contribution in [1.82, 2.24) is 5.32 Å². The van der Waals surface area contributed by atoms with Gasteiger partial charge in [0.1, 0.15) is 5.76 Å². The van der Waals surface area contributed by atoms with Gasteiger partial charge in [-0.15, -0.1) is 0 Å². The number of carbonyl (C=O) groups is 1. The molecule has 0 spiro atoms. The normalized spacial score (nSPS) is 16.0. The number of anilines is 2. The number of furan rings is 1. The number of benzene rings is 2. The molecule has 2 N–H and O–H groups in total. The minimum atomic E-state index is -0.447. The van der Waals surface area contributed by atoms with Gasteiger partial charge in [0.2, 0.25) is 0 Å². The second-order valence-electron chi connectivity index (χ2n) is 7.78. The third-order valence-electron chi connectivity index (χ3n) is 5.51. The number of hydrogen-bond donors (Lipinski definition) is 2. The maximum Gasteiger partial charge on any atom is 0.293 e. The van der Waals surface area contributed by atoms with Gasteiger partial charge in [0, 0.05) is 34.5 Å². The summed E-state index contributed by atoms with van der Waals surface area (Å²) in [7, 11) is 0. The van der Waals surface area contributed by atoms with Gasteiger partial charge in [-0.05, 0) is 93.0 Å². The number of nitrogens with one attached hydrogen (secondary N) is 2. The standard InChI is InChI=1S/C24H23Cl2N3O2S/c1-15-4-2-3-13-29(15)18-8-6-17(7-9-18)27-24(32)28-23(30)22-12-11-21(31-22)19-10-5-16(25)14-20(19)26/h5-12,14-15H,2-4,13H2,1H3,(H2,27,28,30,32)/t15-/m1/s1. The van der Waals surface area contributed by atoms with Crippen molar-refractivity contribution in [1.29, 1.82) is 0 Å². The van der Waals surface area contributed by atoms with E-state index < -0.39 is 5.91 Å². The Morgan fingerprint density at radius 3 is 2.59 bits per heavy atom. The van der Waals surface area contributed by atoms with Crippen LogP contribution >= 0.6 is 35.4 Å². The monoisotopic (exact) mass is 487 g/mol. The van der Waals surface area contributed by atoms with Crippen LogP contribution in [0.2, 0.25) is 10.0 Å². The SMILES string of the molecule is C[C@@H]1CCCCN1c1ccc(NC(=S)NC(=O)c2ccc(-c3ccc(Cl)cc3Cl)o2)cc1. The van der Waals surface area contributed by atoms with E-state index in [1.807, 2.05) is 12.1 Å². The number of piperidine rings is 1. The number of hydrogen-bond acceptors (Lipinski definition) is 4. The van der Waals surface area contributed by atoms with Gasteiger partial charge in [-0.3, -0.25) is 10.1 Å². The number of halogens is 2. The van der Waals surface area contributed by atoms with Gasteiger partial charge in [-0.2, -0.15) is 0 Å². The zero-order chi connectivity index (χ0) is 22.7. The lowest BCUT2D eigenvalue weighted by molar-refractivity contribution is 0.0951. The summed E-state index contributed by atoms with van der Waals surface area (Å²) in [5.41, 5.74) is 2.65. The van der Waals surface area contributed by atoms with Crippen molar-refractivity contribution in [3.63, 3.8) is 0 Å². The molecule has 166 valence electrons. The van der Waals surface area contributed by atoms with Crippen LogP contribution in [0.1, 0.15) is 36.7 Å². The minimum absolute atomic E-state index is 0.129. The third-order valence-corrected chi connectivity index (χ3v) is 6.27. The fourth-order valence-corrected chi connectivity index (χ4v) is 4.55. The van der Waals surface area contributed by atoms with Crippen LogP contribution in [0.3, 0.4) is 0 Å². The smallest absolute Gasteiger partial charge is 0.293 e. The summed E-state index contributed by atoms with van der Waals surface area (Å²) in [5, 5.41) is 6.84. The molecule has 5 nitrogen and oxygen atoms in total. The highest BCUT2D eigenvalue weighted by atomic mass is 35.5. The number of nitrogens with zero attached hydrogens (tertiary/aromatic N) is 1. The van der Waals surface area contributed by atoms with Crippen molar-refractivity contribution in [3.05, 3.63) is 70.4 Å². The fourth-order valence-electron chi connectivity index (χ4n) is 3.84. The summed E-state index contributed by atoms with van der Waals surface area (Å²) in [6.07, 6.45) is 3.73. The molecule has 0 bridgehead atoms. The van der Waals surface area contributed by atoms with E-state index in [4.69, 9.17) is 39.8 Å². The molecule has 4 rings (SSSR count). The van der Waals surface area contributed by atoms with Crippen molar-refractivity contribution in [2.75, 3.05) is 16.8 Å². The van der Waals surface area contributed by atoms with Crippen LogP contribution in [0.4, 0.5) is 11.4 Å². The second kappa shape index (κ2) is 9.94. The number of carbonyl (C=O) groups excluding carboxylic acids is 1. The molecule has 8 heteroatoms. The van der Waals surface area contributed by atoms with Gasteiger partial charge in [0.25, 0.3) is 5.91 Å². The van der Waals surface area contributed by atoms with E-state index in [0.717, 1.165) is 12.2 Å². The summed E-state index contributed by atoms with van der Waals surface area (Å²) in [4.78, 5) is 15.0. The first-order chi connectivity index (χ1) is 15.4. The third kappa shape index (κ3) is 5.26. The van der Waals surface area contributed by atoms with Crippen LogP contribution in [0.5, 0.6) is 0 Å². The second-order valence-corrected chi connectivity index (χ2v) is 9.03. The predicted molar refractivity (Wildman–Crippen MR) is 135 cm³/mol. The van der Waals surface area contributed by atoms with Gasteiger partial charge >= 0.3 is 0 Å². The Labute approximate surface area is 202 Å². The lowest BCUT2D eigenvalue weighted by Gasteiger charge is -2.35. The fraction of sp³-hybridized carbons (Fsp3) is 0.250. The van der Waals surface area contributed by atoms with Crippen LogP contribution in [-0.4, -0.2) is 23.6 Å². The molecule has 1 aliphatic rings. The van der Waals surface area contributed by atoms with Crippen LogP contribution in [-0.2, 0) is 0 Å². The largest absolute Gasteiger partial charge is 0.451 e. The molecule has 3 aromatic rings. The first-order valence-corrected chi connectivity index (χ1v) is 11.6. The van der Waals surface area contributed by atoms with Crippen LogP contribution in [0.25, 0.3) is 11.3 Å². The molecule has 32 heavy (non-hydrogen) atoms. The number of amides is 1. The molecule has 0 radical (unpaired) electrons. The van der Waals surface area contributed by atoms with E-state index in [1.165, 1.54) is 24.9 Å². The molecule has 0 saturated carbocycles. The lowest BCUT2D eigenvalue weighted by Crippen LogP contribution is -2.37. The molecule has 1 fully saturated rings. The zero-order valence-corrected chi connectivity index (χ0v) is 19.9. The quantitative estimate of drug-likeness (QED) is 0.398. The Kier molecular flexibility index (Phi) is 7.04.